The molecule has 2 saturated heterocycles. The molecule has 0 aliphatic carbocycles. The molecule has 1 aromatic rings. The lowest BCUT2D eigenvalue weighted by Gasteiger charge is -2.34. The van der Waals surface area contributed by atoms with Gasteiger partial charge < -0.3 is 23.8 Å². The highest BCUT2D eigenvalue weighted by atomic mass is 16.7. The summed E-state index contributed by atoms with van der Waals surface area (Å²) in [7, 11) is 1.00. The molecule has 2 aliphatic heterocycles. The molecule has 0 saturated carbocycles. The van der Waals surface area contributed by atoms with Crippen LogP contribution in [0.15, 0.2) is 18.2 Å². The molecule has 2 heterocycles. The van der Waals surface area contributed by atoms with E-state index in [1.807, 2.05) is 39.8 Å². The van der Waals surface area contributed by atoms with Crippen molar-refractivity contribution in [3.63, 3.8) is 0 Å². The number of carbonyl (C=O) groups is 2. The van der Waals surface area contributed by atoms with E-state index in [2.05, 4.69) is 0 Å². The van der Waals surface area contributed by atoms with E-state index in [0.29, 0.717) is 37.5 Å². The largest absolute Gasteiger partial charge is 0.497 e. The highest BCUT2D eigenvalue weighted by molar-refractivity contribution is 6.62. The number of methoxy groups -OCH3 is 1. The Labute approximate surface area is 167 Å². The summed E-state index contributed by atoms with van der Waals surface area (Å²) in [6.45, 7) is 11.7. The van der Waals surface area contributed by atoms with E-state index in [-0.39, 0.29) is 11.8 Å². The zero-order valence-corrected chi connectivity index (χ0v) is 17.6. The molecule has 8 heteroatoms. The number of amides is 2. The van der Waals surface area contributed by atoms with Crippen LogP contribution < -0.4 is 10.2 Å². The van der Waals surface area contributed by atoms with Gasteiger partial charge in [0.2, 0.25) is 5.91 Å². The normalized spacial score (nSPS) is 21.0. The Bertz CT molecular complexity index is 756. The molecule has 0 radical (unpaired) electrons. The molecule has 152 valence electrons. The number of ether oxygens (including phenoxy) is 1. The van der Waals surface area contributed by atoms with Crippen LogP contribution in [0.1, 0.15) is 45.0 Å². The first kappa shape index (κ1) is 20.7. The van der Waals surface area contributed by atoms with Crippen molar-refractivity contribution in [2.75, 3.05) is 33.3 Å². The highest BCUT2D eigenvalue weighted by Gasteiger charge is 2.51. The van der Waals surface area contributed by atoms with Gasteiger partial charge in [-0.1, -0.05) is 0 Å². The van der Waals surface area contributed by atoms with Crippen LogP contribution in [0, 0.1) is 0 Å². The fourth-order valence-corrected chi connectivity index (χ4v) is 3.39. The Morgan fingerprint density at radius 2 is 1.50 bits per heavy atom. The number of nitrogens with zero attached hydrogens (tertiary/aromatic N) is 2. The van der Waals surface area contributed by atoms with Crippen LogP contribution in [-0.4, -0.2) is 73.2 Å². The fraction of sp³-hybridized carbons (Fsp3) is 0.600. The van der Waals surface area contributed by atoms with Gasteiger partial charge >= 0.3 is 7.12 Å². The van der Waals surface area contributed by atoms with Crippen molar-refractivity contribution in [2.24, 2.45) is 0 Å². The van der Waals surface area contributed by atoms with Crippen molar-refractivity contribution in [3.8, 4) is 5.75 Å². The maximum Gasteiger partial charge on any atom is 0.494 e. The summed E-state index contributed by atoms with van der Waals surface area (Å²) in [4.78, 5) is 28.1. The molecule has 0 spiro atoms. The zero-order valence-electron chi connectivity index (χ0n) is 17.6. The van der Waals surface area contributed by atoms with Gasteiger partial charge in [0.15, 0.2) is 0 Å². The summed E-state index contributed by atoms with van der Waals surface area (Å²) in [5.74, 6) is 0.536. The molecule has 2 amide bonds. The van der Waals surface area contributed by atoms with Crippen molar-refractivity contribution < 1.29 is 23.6 Å². The third-order valence-corrected chi connectivity index (χ3v) is 5.95. The molecule has 28 heavy (non-hydrogen) atoms. The topological polar surface area (TPSA) is 68.3 Å². The van der Waals surface area contributed by atoms with Gasteiger partial charge in [0.25, 0.3) is 5.91 Å². The Morgan fingerprint density at radius 3 is 2.00 bits per heavy atom. The second-order valence-electron chi connectivity index (χ2n) is 8.38. The van der Waals surface area contributed by atoms with Crippen molar-refractivity contribution in [2.45, 2.75) is 45.8 Å². The first-order valence-electron chi connectivity index (χ1n) is 9.63. The van der Waals surface area contributed by atoms with Gasteiger partial charge in [-0.25, -0.2) is 0 Å². The van der Waals surface area contributed by atoms with Gasteiger partial charge in [-0.3, -0.25) is 9.59 Å². The van der Waals surface area contributed by atoms with Crippen molar-refractivity contribution in [3.05, 3.63) is 23.8 Å². The van der Waals surface area contributed by atoms with Gasteiger partial charge in [0.05, 0.1) is 18.3 Å². The summed E-state index contributed by atoms with van der Waals surface area (Å²) < 4.78 is 17.7. The SMILES string of the molecule is COc1cc(B2OC(C)(C)C(C)(C)O2)cc(C(=O)N2CCN(C(C)=O)CC2)c1. The molecule has 0 N–H and O–H groups in total. The number of benzene rings is 1. The molecular weight excluding hydrogens is 359 g/mol. The van der Waals surface area contributed by atoms with E-state index in [9.17, 15) is 9.59 Å². The van der Waals surface area contributed by atoms with Crippen LogP contribution in [0.5, 0.6) is 5.75 Å². The van der Waals surface area contributed by atoms with Gasteiger partial charge in [-0.05, 0) is 51.4 Å². The predicted octanol–water partition coefficient (Wildman–Crippen LogP) is 1.30. The lowest BCUT2D eigenvalue weighted by atomic mass is 9.78. The van der Waals surface area contributed by atoms with E-state index >= 15 is 0 Å². The third-order valence-electron chi connectivity index (χ3n) is 5.95. The van der Waals surface area contributed by atoms with Crippen LogP contribution in [0.3, 0.4) is 0 Å². The van der Waals surface area contributed by atoms with Gasteiger partial charge in [-0.15, -0.1) is 0 Å². The molecule has 0 bridgehead atoms. The van der Waals surface area contributed by atoms with Crippen molar-refractivity contribution in [1.29, 1.82) is 0 Å². The summed E-state index contributed by atoms with van der Waals surface area (Å²) in [5, 5.41) is 0. The second-order valence-corrected chi connectivity index (χ2v) is 8.38. The molecule has 0 aromatic heterocycles. The average Bonchev–Trinajstić information content (AvgIpc) is 2.88. The van der Waals surface area contributed by atoms with Crippen LogP contribution in [0.2, 0.25) is 0 Å². The molecule has 3 rings (SSSR count). The number of carbonyl (C=O) groups excluding carboxylic acids is 2. The van der Waals surface area contributed by atoms with Gasteiger partial charge in [-0.2, -0.15) is 0 Å². The van der Waals surface area contributed by atoms with Crippen molar-refractivity contribution >= 4 is 24.4 Å². The molecule has 0 atom stereocenters. The Morgan fingerprint density at radius 1 is 0.964 bits per heavy atom. The number of hydrogen-bond acceptors (Lipinski definition) is 5. The first-order valence-corrected chi connectivity index (χ1v) is 9.63. The summed E-state index contributed by atoms with van der Waals surface area (Å²) >= 11 is 0. The van der Waals surface area contributed by atoms with Crippen LogP contribution >= 0.6 is 0 Å². The monoisotopic (exact) mass is 388 g/mol. The second kappa shape index (κ2) is 7.41. The number of piperazine rings is 1. The van der Waals surface area contributed by atoms with Crippen LogP contribution in [0.25, 0.3) is 0 Å². The van der Waals surface area contributed by atoms with E-state index in [0.717, 1.165) is 5.46 Å². The average molecular weight is 388 g/mol. The minimum atomic E-state index is -0.568. The smallest absolute Gasteiger partial charge is 0.494 e. The Balaban J connectivity index is 1.82. The fourth-order valence-electron chi connectivity index (χ4n) is 3.39. The molecular formula is C20H29BN2O5. The summed E-state index contributed by atoms with van der Waals surface area (Å²) in [5.41, 5.74) is 0.353. The predicted molar refractivity (Wildman–Crippen MR) is 107 cm³/mol. The third kappa shape index (κ3) is 3.89. The maximum absolute atomic E-state index is 13.1. The van der Waals surface area contributed by atoms with Gasteiger partial charge in [0, 0.05) is 38.7 Å². The molecule has 2 fully saturated rings. The van der Waals surface area contributed by atoms with Crippen molar-refractivity contribution in [1.82, 2.24) is 9.80 Å². The first-order chi connectivity index (χ1) is 13.0. The maximum atomic E-state index is 13.1. The molecule has 7 nitrogen and oxygen atoms in total. The van der Waals surface area contributed by atoms with Gasteiger partial charge in [0.1, 0.15) is 5.75 Å². The number of hydrogen-bond donors (Lipinski definition) is 0. The zero-order chi connectivity index (χ0) is 20.7. The minimum absolute atomic E-state index is 0.0384. The highest BCUT2D eigenvalue weighted by Crippen LogP contribution is 2.36. The minimum Gasteiger partial charge on any atom is -0.497 e. The Hall–Kier alpha value is -2.06. The van der Waals surface area contributed by atoms with E-state index in [1.54, 1.807) is 29.9 Å². The quantitative estimate of drug-likeness (QED) is 0.731. The lowest BCUT2D eigenvalue weighted by molar-refractivity contribution is -0.130. The molecule has 0 unspecified atom stereocenters. The lowest BCUT2D eigenvalue weighted by Crippen LogP contribution is -2.50. The van der Waals surface area contributed by atoms with E-state index in [1.165, 1.54) is 0 Å². The molecule has 1 aromatic carbocycles. The number of rotatable bonds is 3. The van der Waals surface area contributed by atoms with Crippen LogP contribution in [-0.2, 0) is 14.1 Å². The van der Waals surface area contributed by atoms with E-state index < -0.39 is 18.3 Å². The van der Waals surface area contributed by atoms with Crippen LogP contribution in [0.4, 0.5) is 0 Å². The molecule has 2 aliphatic rings. The van der Waals surface area contributed by atoms with E-state index in [4.69, 9.17) is 14.0 Å². The standard InChI is InChI=1S/C20H29BN2O5/c1-14(24)22-7-9-23(10-8-22)18(25)15-11-16(13-17(12-15)26-6)21-27-19(2,3)20(4,5)28-21/h11-13H,7-10H2,1-6H3. The Kier molecular flexibility index (Phi) is 5.47. The summed E-state index contributed by atoms with van der Waals surface area (Å²) in [6, 6.07) is 5.38. The summed E-state index contributed by atoms with van der Waals surface area (Å²) in [6.07, 6.45) is 0.